The summed E-state index contributed by atoms with van der Waals surface area (Å²) in [5, 5.41) is 0. The van der Waals surface area contributed by atoms with Crippen LogP contribution < -0.4 is 0 Å². The third-order valence-electron chi connectivity index (χ3n) is 9.11. The molecule has 0 saturated heterocycles. The van der Waals surface area contributed by atoms with Crippen LogP contribution >= 0.6 is 0 Å². The van der Waals surface area contributed by atoms with Gasteiger partial charge in [0, 0.05) is 0 Å². The molecule has 0 aliphatic heterocycles. The largest absolute Gasteiger partial charge is 0.411 e. The Morgan fingerprint density at radius 2 is 1.50 bits per heavy atom. The lowest BCUT2D eigenvalue weighted by Crippen LogP contribution is -2.61. The van der Waals surface area contributed by atoms with Crippen LogP contribution in [0, 0.1) is 5.92 Å². The SMILES string of the molecule is CC(C)c1ccc2c(c1)CC[C@H]1[C@](C)(O[Si](C(C)C)(C(C)C)C(C)C)CCC[C@]21C. The molecular formula is C28H48OSi. The Morgan fingerprint density at radius 1 is 0.900 bits per heavy atom. The fourth-order valence-corrected chi connectivity index (χ4v) is 13.5. The van der Waals surface area contributed by atoms with E-state index in [0.717, 1.165) is 0 Å². The lowest BCUT2D eigenvalue weighted by molar-refractivity contribution is -0.0664. The topological polar surface area (TPSA) is 9.23 Å². The second kappa shape index (κ2) is 8.39. The van der Waals surface area contributed by atoms with Gasteiger partial charge < -0.3 is 4.43 Å². The summed E-state index contributed by atoms with van der Waals surface area (Å²) in [6, 6.07) is 7.41. The molecule has 0 amide bonds. The van der Waals surface area contributed by atoms with Crippen molar-refractivity contribution < 1.29 is 4.43 Å². The van der Waals surface area contributed by atoms with Crippen molar-refractivity contribution in [2.24, 2.45) is 5.92 Å². The third-order valence-corrected chi connectivity index (χ3v) is 15.3. The maximum absolute atomic E-state index is 7.60. The summed E-state index contributed by atoms with van der Waals surface area (Å²) in [5.74, 6) is 1.23. The first kappa shape index (κ1) is 24.0. The van der Waals surface area contributed by atoms with Gasteiger partial charge in [0.2, 0.25) is 8.32 Å². The molecule has 0 N–H and O–H groups in total. The maximum Gasteiger partial charge on any atom is 0.201 e. The molecule has 3 atom stereocenters. The van der Waals surface area contributed by atoms with Crippen LogP contribution in [0.2, 0.25) is 16.6 Å². The highest BCUT2D eigenvalue weighted by atomic mass is 28.4. The maximum atomic E-state index is 7.60. The minimum Gasteiger partial charge on any atom is -0.411 e. The highest BCUT2D eigenvalue weighted by Gasteiger charge is 2.57. The Balaban J connectivity index is 2.03. The molecule has 0 radical (unpaired) electrons. The van der Waals surface area contributed by atoms with Crippen molar-refractivity contribution in [3.05, 3.63) is 34.9 Å². The van der Waals surface area contributed by atoms with E-state index in [2.05, 4.69) is 87.4 Å². The molecule has 3 rings (SSSR count). The van der Waals surface area contributed by atoms with Crippen LogP contribution in [0.3, 0.4) is 0 Å². The first-order chi connectivity index (χ1) is 13.9. The van der Waals surface area contributed by atoms with Crippen LogP contribution in [0.25, 0.3) is 0 Å². The van der Waals surface area contributed by atoms with Gasteiger partial charge in [0.15, 0.2) is 0 Å². The smallest absolute Gasteiger partial charge is 0.201 e. The molecule has 0 aromatic heterocycles. The van der Waals surface area contributed by atoms with Crippen molar-refractivity contribution in [2.75, 3.05) is 0 Å². The third kappa shape index (κ3) is 3.74. The molecule has 1 nitrogen and oxygen atoms in total. The first-order valence-electron chi connectivity index (χ1n) is 12.7. The molecule has 2 heteroatoms. The Bertz CT molecular complexity index is 727. The zero-order valence-corrected chi connectivity index (χ0v) is 22.6. The van der Waals surface area contributed by atoms with Gasteiger partial charge in [-0.05, 0) is 89.6 Å². The Hall–Kier alpha value is -0.603. The zero-order valence-electron chi connectivity index (χ0n) is 21.6. The summed E-state index contributed by atoms with van der Waals surface area (Å²) >= 11 is 0. The van der Waals surface area contributed by atoms with Crippen molar-refractivity contribution in [3.8, 4) is 0 Å². The minimum absolute atomic E-state index is 0.00639. The van der Waals surface area contributed by atoms with E-state index in [-0.39, 0.29) is 11.0 Å². The normalized spacial score (nSPS) is 29.6. The zero-order chi connectivity index (χ0) is 22.5. The minimum atomic E-state index is -1.91. The molecule has 0 bridgehead atoms. The summed E-state index contributed by atoms with van der Waals surface area (Å²) in [6.45, 7) is 24.3. The Morgan fingerprint density at radius 3 is 2.03 bits per heavy atom. The predicted octanol–water partition coefficient (Wildman–Crippen LogP) is 8.76. The van der Waals surface area contributed by atoms with Gasteiger partial charge >= 0.3 is 0 Å². The monoisotopic (exact) mass is 428 g/mol. The van der Waals surface area contributed by atoms with Gasteiger partial charge in [-0.15, -0.1) is 0 Å². The predicted molar refractivity (Wildman–Crippen MR) is 134 cm³/mol. The van der Waals surface area contributed by atoms with E-state index < -0.39 is 8.32 Å². The van der Waals surface area contributed by atoms with Crippen LogP contribution in [0.15, 0.2) is 18.2 Å². The van der Waals surface area contributed by atoms with E-state index in [4.69, 9.17) is 4.43 Å². The van der Waals surface area contributed by atoms with Crippen LogP contribution in [0.4, 0.5) is 0 Å². The van der Waals surface area contributed by atoms with Crippen molar-refractivity contribution in [3.63, 3.8) is 0 Å². The van der Waals surface area contributed by atoms with E-state index in [9.17, 15) is 0 Å². The number of rotatable bonds is 6. The van der Waals surface area contributed by atoms with Crippen LogP contribution in [0.5, 0.6) is 0 Å². The van der Waals surface area contributed by atoms with E-state index in [1.807, 2.05) is 0 Å². The van der Waals surface area contributed by atoms with Gasteiger partial charge in [-0.2, -0.15) is 0 Å². The van der Waals surface area contributed by atoms with E-state index in [0.29, 0.717) is 28.5 Å². The lowest BCUT2D eigenvalue weighted by Gasteiger charge is -2.59. The van der Waals surface area contributed by atoms with Crippen molar-refractivity contribution >= 4 is 8.32 Å². The second-order valence-corrected chi connectivity index (χ2v) is 17.5. The molecule has 1 fully saturated rings. The molecular weight excluding hydrogens is 380 g/mol. The fraction of sp³-hybridized carbons (Fsp3) is 0.786. The molecule has 0 heterocycles. The van der Waals surface area contributed by atoms with E-state index >= 15 is 0 Å². The van der Waals surface area contributed by atoms with Gasteiger partial charge in [0.1, 0.15) is 0 Å². The standard InChI is InChI=1S/C28H48OSi/c1-19(2)23-12-14-25-24(18-23)13-15-26-27(25,9)16-11-17-28(26,10)29-30(20(3)4,21(5)6)22(7)8/h12,14,18-22,26H,11,13,15-17H2,1-10H3/t26-,27-,28-/m1/s1. The van der Waals surface area contributed by atoms with Crippen LogP contribution in [-0.4, -0.2) is 13.9 Å². The molecule has 2 aliphatic carbocycles. The summed E-state index contributed by atoms with van der Waals surface area (Å²) < 4.78 is 7.60. The molecule has 2 aliphatic rings. The van der Waals surface area contributed by atoms with Gasteiger partial charge in [-0.3, -0.25) is 0 Å². The number of benzene rings is 1. The molecule has 1 saturated carbocycles. The molecule has 1 aromatic carbocycles. The summed E-state index contributed by atoms with van der Waals surface area (Å²) in [5.41, 5.74) is 6.93. The van der Waals surface area contributed by atoms with Gasteiger partial charge in [-0.1, -0.05) is 80.5 Å². The van der Waals surface area contributed by atoms with Crippen molar-refractivity contribution in [1.29, 1.82) is 0 Å². The Labute approximate surface area is 188 Å². The molecule has 1 aromatic rings. The fourth-order valence-electron chi connectivity index (χ4n) is 7.69. The van der Waals surface area contributed by atoms with E-state index in [1.165, 1.54) is 37.7 Å². The summed E-state index contributed by atoms with van der Waals surface area (Å²) in [4.78, 5) is 0. The van der Waals surface area contributed by atoms with Gasteiger partial charge in [0.05, 0.1) is 5.60 Å². The Kier molecular flexibility index (Phi) is 6.73. The quantitative estimate of drug-likeness (QED) is 0.411. The molecule has 0 unspecified atom stereocenters. The van der Waals surface area contributed by atoms with Gasteiger partial charge in [-0.25, -0.2) is 0 Å². The van der Waals surface area contributed by atoms with Crippen LogP contribution in [0.1, 0.15) is 118 Å². The summed E-state index contributed by atoms with van der Waals surface area (Å²) in [7, 11) is -1.91. The van der Waals surface area contributed by atoms with E-state index in [1.54, 1.807) is 11.1 Å². The highest BCUT2D eigenvalue weighted by Crippen LogP contribution is 2.57. The molecule has 0 spiro atoms. The van der Waals surface area contributed by atoms with Crippen LogP contribution in [-0.2, 0) is 16.3 Å². The van der Waals surface area contributed by atoms with Gasteiger partial charge in [0.25, 0.3) is 0 Å². The number of hydrogen-bond acceptors (Lipinski definition) is 1. The highest BCUT2D eigenvalue weighted by molar-refractivity contribution is 6.77. The van der Waals surface area contributed by atoms with Crippen molar-refractivity contribution in [2.45, 2.75) is 135 Å². The number of fused-ring (bicyclic) bond motifs is 3. The summed E-state index contributed by atoms with van der Waals surface area (Å²) in [6.07, 6.45) is 6.32. The average molecular weight is 429 g/mol. The first-order valence-corrected chi connectivity index (χ1v) is 14.9. The molecule has 30 heavy (non-hydrogen) atoms. The average Bonchev–Trinajstić information content (AvgIpc) is 2.64. The number of aryl methyl sites for hydroxylation is 1. The van der Waals surface area contributed by atoms with Crippen molar-refractivity contribution in [1.82, 2.24) is 0 Å². The lowest BCUT2D eigenvalue weighted by atomic mass is 9.53. The molecule has 170 valence electrons. The second-order valence-electron chi connectivity index (χ2n) is 12.2. The number of hydrogen-bond donors (Lipinski definition) is 0.